The number of hydrazine groups is 1. The molecule has 1 fully saturated rings. The van der Waals surface area contributed by atoms with Crippen molar-refractivity contribution in [3.05, 3.63) is 40.5 Å². The number of carbonyl (C=O) groups excluding carboxylic acids is 1. The first-order chi connectivity index (χ1) is 16.5. The van der Waals surface area contributed by atoms with E-state index in [-0.39, 0.29) is 40.3 Å². The lowest BCUT2D eigenvalue weighted by atomic mass is 10.0. The monoisotopic (exact) mass is 465 g/mol. The highest BCUT2D eigenvalue weighted by Crippen LogP contribution is 2.28. The number of aromatic nitrogens is 1. The van der Waals surface area contributed by atoms with Gasteiger partial charge in [-0.1, -0.05) is 0 Å². The van der Waals surface area contributed by atoms with Crippen molar-refractivity contribution in [2.24, 2.45) is 0 Å². The number of benzene rings is 1. The van der Waals surface area contributed by atoms with Crippen LogP contribution in [0.5, 0.6) is 11.5 Å². The molecule has 0 aliphatic carbocycles. The Kier molecular flexibility index (Phi) is 9.89. The number of ether oxygens (including phenoxy) is 4. The Morgan fingerprint density at radius 1 is 1.06 bits per heavy atom. The minimum absolute atomic E-state index is 0.0464. The average Bonchev–Trinajstić information content (AvgIpc) is 2.88. The molecule has 12 nitrogen and oxygen atoms in total. The van der Waals surface area contributed by atoms with Crippen LogP contribution in [0.15, 0.2) is 18.2 Å². The molecule has 0 saturated carbocycles. The summed E-state index contributed by atoms with van der Waals surface area (Å²) in [4.78, 5) is 16.3. The number of nitriles is 3. The van der Waals surface area contributed by atoms with E-state index >= 15 is 0 Å². The number of anilines is 2. The highest BCUT2D eigenvalue weighted by molar-refractivity contribution is 5.95. The van der Waals surface area contributed by atoms with Gasteiger partial charge in [0.05, 0.1) is 58.7 Å². The van der Waals surface area contributed by atoms with Crippen molar-refractivity contribution in [3.63, 3.8) is 0 Å². The van der Waals surface area contributed by atoms with Crippen molar-refractivity contribution >= 4 is 17.5 Å². The molecule has 1 aromatic carbocycles. The predicted octanol–water partition coefficient (Wildman–Crippen LogP) is 1.28. The van der Waals surface area contributed by atoms with E-state index in [9.17, 15) is 15.3 Å². The van der Waals surface area contributed by atoms with Gasteiger partial charge in [-0.3, -0.25) is 15.6 Å². The summed E-state index contributed by atoms with van der Waals surface area (Å²) in [7, 11) is 2.92. The largest absolute Gasteiger partial charge is 0.493 e. The van der Waals surface area contributed by atoms with Gasteiger partial charge in [-0.2, -0.15) is 15.8 Å². The van der Waals surface area contributed by atoms with Crippen LogP contribution in [0, 0.1) is 34.0 Å². The fraction of sp³-hybridized carbons (Fsp3) is 0.318. The van der Waals surface area contributed by atoms with Gasteiger partial charge in [0.25, 0.3) is 5.91 Å². The maximum absolute atomic E-state index is 12.4. The summed E-state index contributed by atoms with van der Waals surface area (Å²) in [5.41, 5.74) is 10.9. The lowest BCUT2D eigenvalue weighted by Crippen LogP contribution is -2.30. The molecule has 4 N–H and O–H groups in total. The van der Waals surface area contributed by atoms with Crippen molar-refractivity contribution in [2.45, 2.75) is 6.42 Å². The van der Waals surface area contributed by atoms with Gasteiger partial charge in [0.2, 0.25) is 0 Å². The van der Waals surface area contributed by atoms with Crippen molar-refractivity contribution < 1.29 is 23.7 Å². The summed E-state index contributed by atoms with van der Waals surface area (Å²) >= 11 is 0. The minimum atomic E-state index is -0.545. The second-order valence-electron chi connectivity index (χ2n) is 6.51. The highest BCUT2D eigenvalue weighted by Gasteiger charge is 2.19. The Labute approximate surface area is 196 Å². The lowest BCUT2D eigenvalue weighted by molar-refractivity contribution is -0.0334. The molecular weight excluding hydrogens is 442 g/mol. The number of amides is 1. The van der Waals surface area contributed by atoms with Gasteiger partial charge in [-0.05, 0) is 18.2 Å². The van der Waals surface area contributed by atoms with E-state index in [0.717, 1.165) is 26.4 Å². The molecule has 176 valence electrons. The number of nitrogen functional groups attached to an aromatic ring is 1. The summed E-state index contributed by atoms with van der Waals surface area (Å²) in [6, 6.07) is 10.1. The molecule has 3 rings (SSSR count). The predicted molar refractivity (Wildman–Crippen MR) is 120 cm³/mol. The quantitative estimate of drug-likeness (QED) is 0.521. The smallest absolute Gasteiger partial charge is 0.269 e. The van der Waals surface area contributed by atoms with Crippen LogP contribution in [0.1, 0.15) is 27.0 Å². The Bertz CT molecular complexity index is 1130. The molecule has 12 heteroatoms. The summed E-state index contributed by atoms with van der Waals surface area (Å²) in [5.74, 6) is 0.0514. The SMILES string of the molecule is C1COCCO1.COc1ccc(C(=O)NNc2nc(N)c(C#N)c(CC#N)c2C#N)cc1OC. The van der Waals surface area contributed by atoms with Crippen LogP contribution in [-0.2, 0) is 15.9 Å². The van der Waals surface area contributed by atoms with E-state index in [2.05, 4.69) is 15.8 Å². The number of nitrogens with two attached hydrogens (primary N) is 1. The summed E-state index contributed by atoms with van der Waals surface area (Å²) in [5, 5.41) is 27.6. The normalized spacial score (nSPS) is 12.0. The first-order valence-corrected chi connectivity index (χ1v) is 9.94. The molecule has 2 aromatic rings. The van der Waals surface area contributed by atoms with Gasteiger partial charge >= 0.3 is 0 Å². The summed E-state index contributed by atoms with van der Waals surface area (Å²) in [6.45, 7) is 3.11. The number of methoxy groups -OCH3 is 2. The van der Waals surface area contributed by atoms with Gasteiger partial charge in [-0.15, -0.1) is 0 Å². The third-order valence-corrected chi connectivity index (χ3v) is 4.49. The van der Waals surface area contributed by atoms with Gasteiger partial charge in [-0.25, -0.2) is 4.98 Å². The second kappa shape index (κ2) is 13.1. The van der Waals surface area contributed by atoms with E-state index in [0.29, 0.717) is 11.5 Å². The molecule has 0 unspecified atom stereocenters. The van der Waals surface area contributed by atoms with Crippen LogP contribution in [-0.4, -0.2) is 51.5 Å². The zero-order valence-corrected chi connectivity index (χ0v) is 18.7. The number of nitrogens with one attached hydrogen (secondary N) is 2. The Morgan fingerprint density at radius 3 is 2.18 bits per heavy atom. The molecule has 1 saturated heterocycles. The number of pyridine rings is 1. The fourth-order valence-corrected chi connectivity index (χ4v) is 2.85. The molecule has 1 aliphatic heterocycles. The maximum Gasteiger partial charge on any atom is 0.269 e. The van der Waals surface area contributed by atoms with Crippen molar-refractivity contribution in [1.29, 1.82) is 15.8 Å². The molecule has 0 spiro atoms. The molecule has 1 aliphatic rings. The zero-order chi connectivity index (χ0) is 24.9. The number of carbonyl (C=O) groups is 1. The first-order valence-electron chi connectivity index (χ1n) is 9.94. The van der Waals surface area contributed by atoms with Gasteiger partial charge in [0, 0.05) is 11.1 Å². The van der Waals surface area contributed by atoms with E-state index in [4.69, 9.17) is 29.9 Å². The standard InChI is InChI=1S/C18H15N7O3.C4H8O2/c1-27-14-4-3-10(7-15(14)28-2)18(26)25-24-17-13(9-21)11(5-6-19)12(8-20)16(22)23-17;1-2-6-4-3-5-1/h3-4,7H,5H2,1-2H3,(H,25,26)(H3,22,23,24);1-4H2. The van der Waals surface area contributed by atoms with Crippen LogP contribution in [0.3, 0.4) is 0 Å². The number of rotatable bonds is 6. The molecular formula is C22H23N7O5. The topological polar surface area (TPSA) is 188 Å². The van der Waals surface area contributed by atoms with Crippen LogP contribution < -0.4 is 26.1 Å². The van der Waals surface area contributed by atoms with E-state index < -0.39 is 5.91 Å². The molecule has 0 radical (unpaired) electrons. The highest BCUT2D eigenvalue weighted by atomic mass is 16.6. The molecule has 1 amide bonds. The van der Waals surface area contributed by atoms with Gasteiger partial charge < -0.3 is 24.7 Å². The third kappa shape index (κ3) is 6.47. The summed E-state index contributed by atoms with van der Waals surface area (Å²) in [6.07, 6.45) is -0.211. The Morgan fingerprint density at radius 2 is 1.68 bits per heavy atom. The van der Waals surface area contributed by atoms with E-state index in [1.807, 2.05) is 18.2 Å². The maximum atomic E-state index is 12.4. The van der Waals surface area contributed by atoms with Crippen LogP contribution in [0.4, 0.5) is 11.6 Å². The fourth-order valence-electron chi connectivity index (χ4n) is 2.85. The lowest BCUT2D eigenvalue weighted by Gasteiger charge is -2.14. The number of nitrogens with zero attached hydrogens (tertiary/aromatic N) is 4. The zero-order valence-electron chi connectivity index (χ0n) is 18.7. The third-order valence-electron chi connectivity index (χ3n) is 4.49. The second-order valence-corrected chi connectivity index (χ2v) is 6.51. The van der Waals surface area contributed by atoms with Crippen LogP contribution in [0.25, 0.3) is 0 Å². The Hall–Kier alpha value is -4.57. The molecule has 34 heavy (non-hydrogen) atoms. The Balaban J connectivity index is 0.000000589. The average molecular weight is 465 g/mol. The van der Waals surface area contributed by atoms with Gasteiger partial charge in [0.1, 0.15) is 23.5 Å². The number of hydrogen-bond acceptors (Lipinski definition) is 11. The molecule has 1 aromatic heterocycles. The summed E-state index contributed by atoms with van der Waals surface area (Å²) < 4.78 is 20.2. The van der Waals surface area contributed by atoms with Crippen LogP contribution in [0.2, 0.25) is 0 Å². The molecule has 0 atom stereocenters. The van der Waals surface area contributed by atoms with Crippen molar-refractivity contribution in [1.82, 2.24) is 10.4 Å². The van der Waals surface area contributed by atoms with Crippen molar-refractivity contribution in [3.8, 4) is 29.7 Å². The van der Waals surface area contributed by atoms with Crippen LogP contribution >= 0.6 is 0 Å². The molecule has 2 heterocycles. The number of hydrogen-bond donors (Lipinski definition) is 3. The van der Waals surface area contributed by atoms with E-state index in [1.165, 1.54) is 26.4 Å². The van der Waals surface area contributed by atoms with Crippen molar-refractivity contribution in [2.75, 3.05) is 51.8 Å². The van der Waals surface area contributed by atoms with Gasteiger partial charge in [0.15, 0.2) is 17.3 Å². The molecule has 0 bridgehead atoms. The minimum Gasteiger partial charge on any atom is -0.493 e. The van der Waals surface area contributed by atoms with E-state index in [1.54, 1.807) is 6.07 Å². The first kappa shape index (κ1) is 25.7.